The molecule has 0 bridgehead atoms. The molecular formula is C23H25Cl2N3O3S2. The highest BCUT2D eigenvalue weighted by Crippen LogP contribution is 2.30. The molecule has 4 rings (SSSR count). The smallest absolute Gasteiger partial charge is 0.252 e. The zero-order valence-corrected chi connectivity index (χ0v) is 21.0. The number of nitrogens with zero attached hydrogens (tertiary/aromatic N) is 2. The molecule has 1 amide bonds. The van der Waals surface area contributed by atoms with Crippen molar-refractivity contribution in [3.05, 3.63) is 77.2 Å². The second kappa shape index (κ2) is 10.3. The largest absolute Gasteiger partial charge is 0.350 e. The lowest BCUT2D eigenvalue weighted by molar-refractivity contribution is -0.122. The third-order valence-corrected chi connectivity index (χ3v) is 9.56. The van der Waals surface area contributed by atoms with Gasteiger partial charge in [-0.05, 0) is 29.8 Å². The number of benzene rings is 1. The first kappa shape index (κ1) is 24.4. The topological polar surface area (TPSA) is 69.7 Å². The lowest BCUT2D eigenvalue weighted by Crippen LogP contribution is -2.48. The van der Waals surface area contributed by atoms with E-state index in [4.69, 9.17) is 23.2 Å². The summed E-state index contributed by atoms with van der Waals surface area (Å²) in [6.07, 6.45) is 6.43. The van der Waals surface area contributed by atoms with E-state index in [0.29, 0.717) is 30.4 Å². The van der Waals surface area contributed by atoms with Crippen molar-refractivity contribution >= 4 is 50.5 Å². The Morgan fingerprint density at radius 1 is 1.03 bits per heavy atom. The molecule has 0 unspecified atom stereocenters. The summed E-state index contributed by atoms with van der Waals surface area (Å²) in [6, 6.07) is 13.5. The minimum atomic E-state index is -3.55. The summed E-state index contributed by atoms with van der Waals surface area (Å²) in [5.41, 5.74) is 1.22. The second-order valence-electron chi connectivity index (χ2n) is 8.02. The van der Waals surface area contributed by atoms with E-state index >= 15 is 0 Å². The number of piperazine rings is 1. The van der Waals surface area contributed by atoms with E-state index in [1.807, 2.05) is 18.2 Å². The molecule has 176 valence electrons. The van der Waals surface area contributed by atoms with E-state index in [0.717, 1.165) is 11.4 Å². The van der Waals surface area contributed by atoms with Crippen LogP contribution in [0.1, 0.15) is 10.4 Å². The third kappa shape index (κ3) is 6.26. The molecule has 1 fully saturated rings. The first-order valence-electron chi connectivity index (χ1n) is 10.6. The monoisotopic (exact) mass is 525 g/mol. The molecule has 1 aromatic carbocycles. The fourth-order valence-corrected chi connectivity index (χ4v) is 6.90. The van der Waals surface area contributed by atoms with E-state index in [9.17, 15) is 13.2 Å². The molecule has 10 heteroatoms. The van der Waals surface area contributed by atoms with Gasteiger partial charge in [0.2, 0.25) is 5.91 Å². The SMILES string of the molecule is O=C(NCc1ccc(S(=O)(=O)N2CCN(Cc3ccccc3)CC2)s1)C1C=CC(Cl)(Cl)C=C1. The molecule has 6 nitrogen and oxygen atoms in total. The van der Waals surface area contributed by atoms with E-state index in [2.05, 4.69) is 22.3 Å². The molecule has 1 N–H and O–H groups in total. The van der Waals surface area contributed by atoms with Crippen molar-refractivity contribution in [1.82, 2.24) is 14.5 Å². The first-order chi connectivity index (χ1) is 15.7. The molecule has 33 heavy (non-hydrogen) atoms. The maximum atomic E-state index is 13.1. The van der Waals surface area contributed by atoms with Crippen LogP contribution in [0.15, 0.2) is 71.0 Å². The molecule has 1 saturated heterocycles. The molecule has 2 heterocycles. The van der Waals surface area contributed by atoms with Gasteiger partial charge in [-0.1, -0.05) is 65.7 Å². The Morgan fingerprint density at radius 3 is 2.36 bits per heavy atom. The van der Waals surface area contributed by atoms with Crippen molar-refractivity contribution < 1.29 is 13.2 Å². The number of alkyl halides is 2. The lowest BCUT2D eigenvalue weighted by Gasteiger charge is -2.33. The molecular weight excluding hydrogens is 501 g/mol. The predicted octanol–water partition coefficient (Wildman–Crippen LogP) is 3.79. The van der Waals surface area contributed by atoms with E-state index < -0.39 is 20.3 Å². The quantitative estimate of drug-likeness (QED) is 0.441. The van der Waals surface area contributed by atoms with Crippen molar-refractivity contribution in [3.8, 4) is 0 Å². The van der Waals surface area contributed by atoms with Gasteiger partial charge in [-0.15, -0.1) is 11.3 Å². The van der Waals surface area contributed by atoms with Gasteiger partial charge >= 0.3 is 0 Å². The van der Waals surface area contributed by atoms with Crippen molar-refractivity contribution in [3.63, 3.8) is 0 Å². The van der Waals surface area contributed by atoms with E-state index in [1.165, 1.54) is 16.9 Å². The van der Waals surface area contributed by atoms with Gasteiger partial charge in [0.05, 0.1) is 12.5 Å². The molecule has 0 spiro atoms. The predicted molar refractivity (Wildman–Crippen MR) is 133 cm³/mol. The molecule has 0 radical (unpaired) electrons. The molecule has 2 aromatic rings. The average molecular weight is 527 g/mol. The Balaban J connectivity index is 1.29. The van der Waals surface area contributed by atoms with Gasteiger partial charge in [-0.3, -0.25) is 9.69 Å². The Bertz CT molecular complexity index is 1120. The number of hydrogen-bond acceptors (Lipinski definition) is 5. The Hall–Kier alpha value is -1.68. The maximum absolute atomic E-state index is 13.1. The third-order valence-electron chi connectivity index (χ3n) is 5.60. The van der Waals surface area contributed by atoms with Crippen molar-refractivity contribution in [2.45, 2.75) is 21.6 Å². The Labute approximate surface area is 208 Å². The summed E-state index contributed by atoms with van der Waals surface area (Å²) in [5, 5.41) is 2.84. The van der Waals surface area contributed by atoms with Gasteiger partial charge in [0.25, 0.3) is 10.0 Å². The zero-order chi connectivity index (χ0) is 23.5. The number of nitrogens with one attached hydrogen (secondary N) is 1. The standard InChI is InChI=1S/C23H25Cl2N3O3S2/c24-23(25)10-8-19(9-11-23)22(29)26-16-20-6-7-21(32-20)33(30,31)28-14-12-27(13-15-28)17-18-4-2-1-3-5-18/h1-11,19H,12-17H2,(H,26,29). The number of rotatable bonds is 7. The van der Waals surface area contributed by atoms with Crippen LogP contribution in [0.4, 0.5) is 0 Å². The van der Waals surface area contributed by atoms with Gasteiger partial charge < -0.3 is 5.32 Å². The summed E-state index contributed by atoms with van der Waals surface area (Å²) in [7, 11) is -3.55. The normalized spacial score (nSPS) is 19.6. The number of halogens is 2. The average Bonchev–Trinajstić information content (AvgIpc) is 3.29. The number of carbonyl (C=O) groups excluding carboxylic acids is 1. The molecule has 1 aromatic heterocycles. The molecule has 0 atom stereocenters. The number of sulfonamides is 1. The molecule has 2 aliphatic rings. The molecule has 1 aliphatic carbocycles. The number of thiophene rings is 1. The highest BCUT2D eigenvalue weighted by Gasteiger charge is 2.30. The van der Waals surface area contributed by atoms with Gasteiger partial charge in [0.1, 0.15) is 4.21 Å². The van der Waals surface area contributed by atoms with Gasteiger partial charge in [0.15, 0.2) is 4.33 Å². The van der Waals surface area contributed by atoms with Crippen LogP contribution in [0.25, 0.3) is 0 Å². The lowest BCUT2D eigenvalue weighted by atomic mass is 10.0. The Kier molecular flexibility index (Phi) is 7.63. The number of amides is 1. The van der Waals surface area contributed by atoms with Crippen LogP contribution in [-0.4, -0.2) is 54.0 Å². The molecule has 1 aliphatic heterocycles. The first-order valence-corrected chi connectivity index (χ1v) is 13.6. The van der Waals surface area contributed by atoms with Crippen LogP contribution in [0.3, 0.4) is 0 Å². The number of carbonyl (C=O) groups is 1. The summed E-state index contributed by atoms with van der Waals surface area (Å²) in [6.45, 7) is 3.38. The highest BCUT2D eigenvalue weighted by atomic mass is 35.5. The van der Waals surface area contributed by atoms with E-state index in [-0.39, 0.29) is 12.5 Å². The van der Waals surface area contributed by atoms with Crippen molar-refractivity contribution in [2.24, 2.45) is 5.92 Å². The number of hydrogen-bond donors (Lipinski definition) is 1. The summed E-state index contributed by atoms with van der Waals surface area (Å²) < 4.78 is 27.0. The maximum Gasteiger partial charge on any atom is 0.252 e. The summed E-state index contributed by atoms with van der Waals surface area (Å²) in [4.78, 5) is 15.4. The summed E-state index contributed by atoms with van der Waals surface area (Å²) >= 11 is 13.1. The van der Waals surface area contributed by atoms with Gasteiger partial charge in [0, 0.05) is 37.6 Å². The fraction of sp³-hybridized carbons (Fsp3) is 0.348. The van der Waals surface area contributed by atoms with Crippen molar-refractivity contribution in [2.75, 3.05) is 26.2 Å². The van der Waals surface area contributed by atoms with Crippen LogP contribution >= 0.6 is 34.5 Å². The minimum absolute atomic E-state index is 0.196. The van der Waals surface area contributed by atoms with Crippen LogP contribution in [-0.2, 0) is 27.9 Å². The fourth-order valence-electron chi connectivity index (χ4n) is 3.74. The number of allylic oxidation sites excluding steroid dienone is 2. The second-order valence-corrected chi connectivity index (χ2v) is 12.8. The van der Waals surface area contributed by atoms with Crippen LogP contribution in [0.2, 0.25) is 0 Å². The van der Waals surface area contributed by atoms with Crippen LogP contribution in [0, 0.1) is 5.92 Å². The highest BCUT2D eigenvalue weighted by molar-refractivity contribution is 7.91. The minimum Gasteiger partial charge on any atom is -0.350 e. The van der Waals surface area contributed by atoms with E-state index in [1.54, 1.807) is 40.7 Å². The van der Waals surface area contributed by atoms with Crippen LogP contribution < -0.4 is 5.32 Å². The van der Waals surface area contributed by atoms with Crippen LogP contribution in [0.5, 0.6) is 0 Å². The van der Waals surface area contributed by atoms with Crippen molar-refractivity contribution in [1.29, 1.82) is 0 Å². The Morgan fingerprint density at radius 2 is 1.70 bits per heavy atom. The summed E-state index contributed by atoms with van der Waals surface area (Å²) in [5.74, 6) is -0.648. The zero-order valence-electron chi connectivity index (χ0n) is 17.9. The van der Waals surface area contributed by atoms with Gasteiger partial charge in [-0.2, -0.15) is 4.31 Å². The molecule has 0 saturated carbocycles. The van der Waals surface area contributed by atoms with Gasteiger partial charge in [-0.25, -0.2) is 8.42 Å².